The van der Waals surface area contributed by atoms with Gasteiger partial charge in [-0.2, -0.15) is 9.97 Å². The summed E-state index contributed by atoms with van der Waals surface area (Å²) in [7, 11) is 0. The minimum absolute atomic E-state index is 0.00411. The molecule has 8 rings (SSSR count). The molecule has 2 bridgehead atoms. The molecule has 236 valence electrons. The lowest BCUT2D eigenvalue weighted by atomic mass is 9.91. The molecule has 45 heavy (non-hydrogen) atoms. The van der Waals surface area contributed by atoms with Gasteiger partial charge in [-0.25, -0.2) is 13.2 Å². The zero-order valence-electron chi connectivity index (χ0n) is 25.1. The zero-order chi connectivity index (χ0) is 31.0. The maximum Gasteiger partial charge on any atom is 0.319 e. The number of hydrogen-bond donors (Lipinski definition) is 3. The second-order valence-corrected chi connectivity index (χ2v) is 13.1. The maximum atomic E-state index is 17.0. The standard InChI is InChI=1S/C34H36F3N5O3/c1-2-23-26(36)7-4-18-10-22(43)11-24(28(18)23)29-27(44)12-25-31(30(29)37)39-33(40-32(25)42-20-5-6-21(42)15-38-14-20)45-17-34-8-3-9-41(34)16-19(35)13-34/h4,7,10-12,19-21,38,43-44H,2-3,5-6,8-9,13-17H2,1H3/t19-,20?,21?,34?/m1/s1. The predicted octanol–water partition coefficient (Wildman–Crippen LogP) is 5.60. The topological polar surface area (TPSA) is 94.0 Å². The largest absolute Gasteiger partial charge is 0.508 e. The summed E-state index contributed by atoms with van der Waals surface area (Å²) in [5.74, 6) is -1.28. The number of fused-ring (bicyclic) bond motifs is 5. The predicted molar refractivity (Wildman–Crippen MR) is 166 cm³/mol. The number of aromatic hydroxyl groups is 2. The van der Waals surface area contributed by atoms with Crippen molar-refractivity contribution < 1.29 is 28.1 Å². The van der Waals surface area contributed by atoms with Gasteiger partial charge in [-0.15, -0.1) is 0 Å². The number of benzene rings is 3. The third-order valence-electron chi connectivity index (χ3n) is 10.5. The summed E-state index contributed by atoms with van der Waals surface area (Å²) in [6.45, 7) is 4.69. The number of anilines is 1. The molecule has 5 heterocycles. The van der Waals surface area contributed by atoms with Crippen molar-refractivity contribution in [3.8, 4) is 28.6 Å². The van der Waals surface area contributed by atoms with Gasteiger partial charge in [-0.05, 0) is 79.3 Å². The number of aromatic nitrogens is 2. The third-order valence-corrected chi connectivity index (χ3v) is 10.5. The van der Waals surface area contributed by atoms with E-state index in [2.05, 4.69) is 20.1 Å². The Bertz CT molecular complexity index is 1820. The fourth-order valence-corrected chi connectivity index (χ4v) is 8.51. The van der Waals surface area contributed by atoms with Gasteiger partial charge in [0.05, 0.1) is 11.1 Å². The molecule has 4 saturated heterocycles. The van der Waals surface area contributed by atoms with Crippen molar-refractivity contribution in [3.63, 3.8) is 0 Å². The highest BCUT2D eigenvalue weighted by Crippen LogP contribution is 2.46. The number of ether oxygens (including phenoxy) is 1. The van der Waals surface area contributed by atoms with Crippen molar-refractivity contribution in [1.82, 2.24) is 20.2 Å². The number of halogens is 3. The van der Waals surface area contributed by atoms with Crippen LogP contribution in [0.15, 0.2) is 30.3 Å². The van der Waals surface area contributed by atoms with Crippen molar-refractivity contribution >= 4 is 27.5 Å². The van der Waals surface area contributed by atoms with E-state index in [0.717, 1.165) is 45.3 Å². The molecule has 4 atom stereocenters. The molecule has 0 radical (unpaired) electrons. The van der Waals surface area contributed by atoms with Gasteiger partial charge in [-0.1, -0.05) is 13.0 Å². The van der Waals surface area contributed by atoms with Crippen LogP contribution in [-0.4, -0.2) is 81.7 Å². The Morgan fingerprint density at radius 3 is 2.67 bits per heavy atom. The van der Waals surface area contributed by atoms with Crippen LogP contribution in [0.25, 0.3) is 32.8 Å². The molecule has 1 aromatic heterocycles. The highest BCUT2D eigenvalue weighted by Gasteiger charge is 2.49. The number of alkyl halides is 1. The average Bonchev–Trinajstić information content (AvgIpc) is 3.62. The first-order chi connectivity index (χ1) is 21.8. The van der Waals surface area contributed by atoms with E-state index in [9.17, 15) is 19.0 Å². The summed E-state index contributed by atoms with van der Waals surface area (Å²) in [5.41, 5.74) is -0.134. The SMILES string of the molecule is CCc1c(F)ccc2cc(O)cc(-c3c(O)cc4c(N5C6CCC5CNC6)nc(OCC56CCCN5C[C@H](F)C6)nc4c3F)c12. The molecule has 0 aliphatic carbocycles. The number of nitrogens with one attached hydrogen (secondary N) is 1. The smallest absolute Gasteiger partial charge is 0.319 e. The summed E-state index contributed by atoms with van der Waals surface area (Å²) in [5, 5.41) is 26.8. The van der Waals surface area contributed by atoms with Crippen LogP contribution in [-0.2, 0) is 6.42 Å². The van der Waals surface area contributed by atoms with Gasteiger partial charge >= 0.3 is 6.01 Å². The Labute approximate surface area is 258 Å². The van der Waals surface area contributed by atoms with E-state index in [1.807, 2.05) is 0 Å². The van der Waals surface area contributed by atoms with Gasteiger partial charge in [0, 0.05) is 49.1 Å². The van der Waals surface area contributed by atoms with Crippen molar-refractivity contribution in [2.75, 3.05) is 37.7 Å². The molecule has 3 unspecified atom stereocenters. The van der Waals surface area contributed by atoms with Gasteiger partial charge in [0.2, 0.25) is 0 Å². The molecule has 0 spiro atoms. The van der Waals surface area contributed by atoms with E-state index in [1.165, 1.54) is 30.3 Å². The lowest BCUT2D eigenvalue weighted by Gasteiger charge is -2.37. The van der Waals surface area contributed by atoms with E-state index in [1.54, 1.807) is 6.92 Å². The summed E-state index contributed by atoms with van der Waals surface area (Å²) in [4.78, 5) is 13.7. The number of piperazine rings is 1. The maximum absolute atomic E-state index is 17.0. The Morgan fingerprint density at radius 1 is 1.09 bits per heavy atom. The first kappa shape index (κ1) is 28.6. The first-order valence-corrected chi connectivity index (χ1v) is 15.9. The molecule has 11 heteroatoms. The van der Waals surface area contributed by atoms with Crippen LogP contribution >= 0.6 is 0 Å². The van der Waals surface area contributed by atoms with Gasteiger partial charge in [0.1, 0.15) is 41.4 Å². The van der Waals surface area contributed by atoms with E-state index in [4.69, 9.17) is 9.72 Å². The Morgan fingerprint density at radius 2 is 1.89 bits per heavy atom. The number of phenols is 2. The molecular weight excluding hydrogens is 583 g/mol. The third kappa shape index (κ3) is 4.49. The van der Waals surface area contributed by atoms with Gasteiger partial charge in [-0.3, -0.25) is 4.90 Å². The Hall–Kier alpha value is -3.83. The molecule has 0 saturated carbocycles. The minimum Gasteiger partial charge on any atom is -0.508 e. The normalized spacial score (nSPS) is 26.3. The quantitative estimate of drug-likeness (QED) is 0.257. The van der Waals surface area contributed by atoms with Crippen LogP contribution in [0.5, 0.6) is 17.5 Å². The van der Waals surface area contributed by atoms with Crippen LogP contribution in [0.4, 0.5) is 19.0 Å². The number of hydrogen-bond acceptors (Lipinski definition) is 8. The molecule has 3 N–H and O–H groups in total. The molecule has 4 aliphatic heterocycles. The van der Waals surface area contributed by atoms with Crippen molar-refractivity contribution in [3.05, 3.63) is 47.5 Å². The Balaban J connectivity index is 1.32. The zero-order valence-corrected chi connectivity index (χ0v) is 25.1. The van der Waals surface area contributed by atoms with Crippen molar-refractivity contribution in [2.45, 2.75) is 69.2 Å². The van der Waals surface area contributed by atoms with E-state index in [-0.39, 0.29) is 52.8 Å². The average molecular weight is 620 g/mol. The number of nitrogens with zero attached hydrogens (tertiary/aromatic N) is 4. The highest BCUT2D eigenvalue weighted by atomic mass is 19.1. The number of aryl methyl sites for hydroxylation is 1. The van der Waals surface area contributed by atoms with Crippen LogP contribution in [0.2, 0.25) is 0 Å². The minimum atomic E-state index is -0.920. The Kier molecular flexibility index (Phi) is 6.76. The van der Waals surface area contributed by atoms with Gasteiger partial charge < -0.3 is 25.2 Å². The number of rotatable bonds is 6. The fraction of sp³-hybridized carbons (Fsp3) is 0.471. The van der Waals surface area contributed by atoms with Crippen molar-refractivity contribution in [1.29, 1.82) is 0 Å². The van der Waals surface area contributed by atoms with E-state index >= 15 is 4.39 Å². The van der Waals surface area contributed by atoms with E-state index in [0.29, 0.717) is 46.9 Å². The summed E-state index contributed by atoms with van der Waals surface area (Å²) in [6, 6.07) is 7.44. The summed E-state index contributed by atoms with van der Waals surface area (Å²) in [6.07, 6.45) is 3.44. The fourth-order valence-electron chi connectivity index (χ4n) is 8.51. The first-order valence-electron chi connectivity index (χ1n) is 15.9. The highest BCUT2D eigenvalue weighted by molar-refractivity contribution is 6.05. The van der Waals surface area contributed by atoms with E-state index < -0.39 is 23.3 Å². The van der Waals surface area contributed by atoms with Crippen molar-refractivity contribution in [2.24, 2.45) is 0 Å². The molecular formula is C34H36F3N5O3. The van der Waals surface area contributed by atoms with Crippen LogP contribution in [0.3, 0.4) is 0 Å². The molecule has 4 aliphatic rings. The second kappa shape index (κ2) is 10.6. The molecule has 4 fully saturated rings. The molecule has 4 aromatic rings. The molecule has 8 nitrogen and oxygen atoms in total. The lowest BCUT2D eigenvalue weighted by Crippen LogP contribution is -2.52. The van der Waals surface area contributed by atoms with Crippen LogP contribution in [0.1, 0.15) is 44.6 Å². The summed E-state index contributed by atoms with van der Waals surface area (Å²) >= 11 is 0. The van der Waals surface area contributed by atoms with Crippen LogP contribution < -0.4 is 15.0 Å². The molecule has 0 amide bonds. The summed E-state index contributed by atoms with van der Waals surface area (Å²) < 4.78 is 52.7. The van der Waals surface area contributed by atoms with Gasteiger partial charge in [0.25, 0.3) is 0 Å². The van der Waals surface area contributed by atoms with Crippen LogP contribution in [0, 0.1) is 11.6 Å². The second-order valence-electron chi connectivity index (χ2n) is 13.1. The number of phenolic OH excluding ortho intramolecular Hbond substituents is 2. The molecule has 3 aromatic carbocycles. The lowest BCUT2D eigenvalue weighted by molar-refractivity contribution is 0.107. The monoisotopic (exact) mass is 619 g/mol. The van der Waals surface area contributed by atoms with Gasteiger partial charge in [0.15, 0.2) is 5.82 Å².